The highest BCUT2D eigenvalue weighted by molar-refractivity contribution is 6.32. The molecule has 2 aromatic carbocycles. The monoisotopic (exact) mass is 392 g/mol. The number of aromatic hydroxyl groups is 1. The van der Waals surface area contributed by atoms with Crippen LogP contribution in [0.1, 0.15) is 19.3 Å². The average Bonchev–Trinajstić information content (AvgIpc) is 3.03. The number of likely N-dealkylation sites (tertiary alicyclic amines) is 1. The Kier molecular flexibility index (Phi) is 5.87. The summed E-state index contributed by atoms with van der Waals surface area (Å²) in [5.74, 6) is -0.559. The van der Waals surface area contributed by atoms with Crippen molar-refractivity contribution in [3.63, 3.8) is 0 Å². The number of hydrogen-bond acceptors (Lipinski definition) is 3. The molecule has 1 saturated heterocycles. The van der Waals surface area contributed by atoms with Crippen molar-refractivity contribution in [3.8, 4) is 16.9 Å². The highest BCUT2D eigenvalue weighted by Gasteiger charge is 2.25. The minimum atomic E-state index is -1.09. The zero-order chi connectivity index (χ0) is 19.6. The molecule has 1 fully saturated rings. The topological polar surface area (TPSA) is 64.0 Å². The Balaban J connectivity index is 1.94. The Hall–Kier alpha value is -2.31. The lowest BCUT2D eigenvalue weighted by Gasteiger charge is -2.26. The molecule has 5 nitrogen and oxygen atoms in total. The summed E-state index contributed by atoms with van der Waals surface area (Å²) in [6.07, 6.45) is 1.78. The highest BCUT2D eigenvalue weighted by atomic mass is 35.5. The van der Waals surface area contributed by atoms with E-state index in [0.29, 0.717) is 35.8 Å². The van der Waals surface area contributed by atoms with Gasteiger partial charge in [-0.3, -0.25) is 4.90 Å². The molecule has 2 aromatic rings. The maximum atomic E-state index is 13.9. The van der Waals surface area contributed by atoms with Crippen molar-refractivity contribution in [2.75, 3.05) is 25.0 Å². The molecule has 0 bridgehead atoms. The lowest BCUT2D eigenvalue weighted by Crippen LogP contribution is -2.35. The van der Waals surface area contributed by atoms with Gasteiger partial charge in [0.15, 0.2) is 0 Å². The molecule has 1 aliphatic heterocycles. The van der Waals surface area contributed by atoms with Crippen LogP contribution in [0.5, 0.6) is 5.75 Å². The van der Waals surface area contributed by atoms with E-state index in [9.17, 15) is 19.4 Å². The molecule has 1 atom stereocenters. The molecule has 0 aromatic heterocycles. The van der Waals surface area contributed by atoms with E-state index >= 15 is 0 Å². The molecule has 1 amide bonds. The van der Waals surface area contributed by atoms with Crippen LogP contribution in [0, 0.1) is 5.82 Å². The molecular formula is C20H22ClFN2O3. The number of halogens is 2. The average molecular weight is 393 g/mol. The van der Waals surface area contributed by atoms with Crippen LogP contribution in [0.25, 0.3) is 11.1 Å². The van der Waals surface area contributed by atoms with Crippen LogP contribution in [0.3, 0.4) is 0 Å². The van der Waals surface area contributed by atoms with Crippen LogP contribution >= 0.6 is 11.6 Å². The Morgan fingerprint density at radius 3 is 2.74 bits per heavy atom. The second kappa shape index (κ2) is 8.15. The normalized spacial score (nSPS) is 17.2. The lowest BCUT2D eigenvalue weighted by atomic mass is 10.0. The second-order valence-corrected chi connectivity index (χ2v) is 7.23. The molecule has 3 rings (SSSR count). The van der Waals surface area contributed by atoms with Crippen LogP contribution in [0.2, 0.25) is 5.02 Å². The van der Waals surface area contributed by atoms with Crippen molar-refractivity contribution in [2.24, 2.45) is 0 Å². The first-order valence-electron chi connectivity index (χ1n) is 8.86. The van der Waals surface area contributed by atoms with E-state index in [-0.39, 0.29) is 10.8 Å². The van der Waals surface area contributed by atoms with Gasteiger partial charge in [-0.1, -0.05) is 17.7 Å². The van der Waals surface area contributed by atoms with Gasteiger partial charge in [0.25, 0.3) is 0 Å². The summed E-state index contributed by atoms with van der Waals surface area (Å²) in [5, 5.41) is 19.5. The standard InChI is InChI=1S/C20H22ClFN2O3/c1-23-9-2-3-15(23)8-10-24(20(26)27)18-6-5-14(22)12-16(18)13-4-7-19(25)17(21)11-13/h4-7,11-12,15,25H,2-3,8-10H2,1H3,(H,26,27). The molecular weight excluding hydrogens is 371 g/mol. The maximum absolute atomic E-state index is 13.9. The molecule has 1 unspecified atom stereocenters. The number of anilines is 1. The van der Waals surface area contributed by atoms with E-state index in [4.69, 9.17) is 11.6 Å². The van der Waals surface area contributed by atoms with Gasteiger partial charge in [0.2, 0.25) is 0 Å². The summed E-state index contributed by atoms with van der Waals surface area (Å²) in [4.78, 5) is 15.4. The number of phenolic OH excluding ortho intramolecular Hbond substituents is 1. The van der Waals surface area contributed by atoms with Crippen molar-refractivity contribution in [3.05, 3.63) is 47.2 Å². The van der Waals surface area contributed by atoms with Gasteiger partial charge < -0.3 is 15.1 Å². The molecule has 144 valence electrons. The fourth-order valence-electron chi connectivity index (χ4n) is 3.59. The molecule has 2 N–H and O–H groups in total. The zero-order valence-electron chi connectivity index (χ0n) is 15.0. The Morgan fingerprint density at radius 2 is 2.11 bits per heavy atom. The van der Waals surface area contributed by atoms with Crippen LogP contribution in [0.4, 0.5) is 14.9 Å². The quantitative estimate of drug-likeness (QED) is 0.765. The van der Waals surface area contributed by atoms with Crippen LogP contribution in [-0.2, 0) is 0 Å². The molecule has 7 heteroatoms. The Bertz CT molecular complexity index is 846. The van der Waals surface area contributed by atoms with E-state index < -0.39 is 11.9 Å². The predicted molar refractivity (Wildman–Crippen MR) is 104 cm³/mol. The van der Waals surface area contributed by atoms with Gasteiger partial charge in [0.05, 0.1) is 10.7 Å². The first-order valence-corrected chi connectivity index (χ1v) is 9.23. The van der Waals surface area contributed by atoms with E-state index in [0.717, 1.165) is 19.4 Å². The number of nitrogens with zero attached hydrogens (tertiary/aromatic N) is 2. The van der Waals surface area contributed by atoms with E-state index in [2.05, 4.69) is 4.90 Å². The van der Waals surface area contributed by atoms with Gasteiger partial charge in [-0.25, -0.2) is 9.18 Å². The number of rotatable bonds is 5. The molecule has 1 aliphatic rings. The van der Waals surface area contributed by atoms with Crippen molar-refractivity contribution >= 4 is 23.4 Å². The van der Waals surface area contributed by atoms with Gasteiger partial charge in [-0.15, -0.1) is 0 Å². The summed E-state index contributed by atoms with van der Waals surface area (Å²) in [5.41, 5.74) is 1.35. The third kappa shape index (κ3) is 4.34. The Morgan fingerprint density at radius 1 is 1.33 bits per heavy atom. The molecule has 27 heavy (non-hydrogen) atoms. The molecule has 1 heterocycles. The van der Waals surface area contributed by atoms with E-state index in [1.165, 1.54) is 35.2 Å². The summed E-state index contributed by atoms with van der Waals surface area (Å²) < 4.78 is 13.9. The SMILES string of the molecule is CN1CCCC1CCN(C(=O)O)c1ccc(F)cc1-c1ccc(O)c(Cl)c1. The number of amides is 1. The fraction of sp³-hybridized carbons (Fsp3) is 0.350. The largest absolute Gasteiger partial charge is 0.506 e. The smallest absolute Gasteiger partial charge is 0.411 e. The van der Waals surface area contributed by atoms with Gasteiger partial charge in [0, 0.05) is 18.2 Å². The van der Waals surface area contributed by atoms with Gasteiger partial charge in [-0.2, -0.15) is 0 Å². The van der Waals surface area contributed by atoms with Crippen LogP contribution in [-0.4, -0.2) is 47.4 Å². The number of carboxylic acid groups (broad SMARTS) is 1. The number of phenols is 1. The van der Waals surface area contributed by atoms with Gasteiger partial charge >= 0.3 is 6.09 Å². The van der Waals surface area contributed by atoms with E-state index in [1.807, 2.05) is 7.05 Å². The minimum Gasteiger partial charge on any atom is -0.506 e. The minimum absolute atomic E-state index is 0.0854. The second-order valence-electron chi connectivity index (χ2n) is 6.83. The van der Waals surface area contributed by atoms with E-state index in [1.54, 1.807) is 6.07 Å². The number of carbonyl (C=O) groups is 1. The first kappa shape index (κ1) is 19.5. The highest BCUT2D eigenvalue weighted by Crippen LogP contribution is 2.36. The van der Waals surface area contributed by atoms with Crippen molar-refractivity contribution in [2.45, 2.75) is 25.3 Å². The van der Waals surface area contributed by atoms with Crippen molar-refractivity contribution in [1.29, 1.82) is 0 Å². The molecule has 0 spiro atoms. The summed E-state index contributed by atoms with van der Waals surface area (Å²) in [6, 6.07) is 8.85. The fourth-order valence-corrected chi connectivity index (χ4v) is 3.77. The predicted octanol–water partition coefficient (Wildman–Crippen LogP) is 4.82. The summed E-state index contributed by atoms with van der Waals surface area (Å²) >= 11 is 5.98. The molecule has 0 aliphatic carbocycles. The third-order valence-electron chi connectivity index (χ3n) is 5.10. The zero-order valence-corrected chi connectivity index (χ0v) is 15.8. The van der Waals surface area contributed by atoms with Crippen LogP contribution in [0.15, 0.2) is 36.4 Å². The summed E-state index contributed by atoms with van der Waals surface area (Å²) in [7, 11) is 2.05. The van der Waals surface area contributed by atoms with Gasteiger partial charge in [0.1, 0.15) is 11.6 Å². The van der Waals surface area contributed by atoms with Crippen LogP contribution < -0.4 is 4.90 Å². The third-order valence-corrected chi connectivity index (χ3v) is 5.40. The van der Waals surface area contributed by atoms with Gasteiger partial charge in [-0.05, 0) is 68.8 Å². The number of hydrogen-bond donors (Lipinski definition) is 2. The van der Waals surface area contributed by atoms with Crippen molar-refractivity contribution < 1.29 is 19.4 Å². The van der Waals surface area contributed by atoms with Crippen molar-refractivity contribution in [1.82, 2.24) is 4.90 Å². The first-order chi connectivity index (χ1) is 12.9. The molecule has 0 radical (unpaired) electrons. The Labute approximate surface area is 162 Å². The molecule has 0 saturated carbocycles. The lowest BCUT2D eigenvalue weighted by molar-refractivity contribution is 0.200. The number of benzene rings is 2. The summed E-state index contributed by atoms with van der Waals surface area (Å²) in [6.45, 7) is 1.33. The maximum Gasteiger partial charge on any atom is 0.411 e.